The first-order chi connectivity index (χ1) is 12.5. The molecule has 8 heteroatoms. The highest BCUT2D eigenvalue weighted by Crippen LogP contribution is 2.25. The maximum atomic E-state index is 12.9. The molecule has 1 aromatic carbocycles. The molecule has 0 unspecified atom stereocenters. The smallest absolute Gasteiger partial charge is 0.332 e. The molecule has 4 aromatic rings. The number of rotatable bonds is 4. The third kappa shape index (κ3) is 2.47. The normalized spacial score (nSPS) is 11.7. The molecule has 3 aromatic heterocycles. The number of fused-ring (bicyclic) bond motifs is 3. The molecule has 3 heterocycles. The maximum absolute atomic E-state index is 12.9. The summed E-state index contributed by atoms with van der Waals surface area (Å²) in [6.07, 6.45) is 3.36. The van der Waals surface area contributed by atoms with Gasteiger partial charge in [0.15, 0.2) is 16.9 Å². The number of oxazole rings is 1. The lowest BCUT2D eigenvalue weighted by Crippen LogP contribution is -2.39. The Morgan fingerprint density at radius 2 is 1.92 bits per heavy atom. The lowest BCUT2D eigenvalue weighted by atomic mass is 10.2. The van der Waals surface area contributed by atoms with Gasteiger partial charge in [-0.3, -0.25) is 18.3 Å². The standard InChI is InChI=1S/C18H17ClN4O3/c1-3-4-9-22-16(24)14-15(21(2)18(22)25)20-17-23(14)10-13(26-17)11-5-7-12(19)8-6-11/h5-8,10H,3-4,9H2,1-2H3. The number of aromatic nitrogens is 4. The van der Waals surface area contributed by atoms with E-state index in [4.69, 9.17) is 16.0 Å². The number of halogens is 1. The molecule has 0 saturated heterocycles. The third-order valence-corrected chi connectivity index (χ3v) is 4.71. The molecule has 0 aliphatic heterocycles. The van der Waals surface area contributed by atoms with E-state index in [1.165, 1.54) is 9.13 Å². The van der Waals surface area contributed by atoms with Gasteiger partial charge in [-0.2, -0.15) is 4.98 Å². The van der Waals surface area contributed by atoms with E-state index in [1.807, 2.05) is 19.1 Å². The third-order valence-electron chi connectivity index (χ3n) is 4.46. The van der Waals surface area contributed by atoms with Crippen LogP contribution >= 0.6 is 11.6 Å². The number of benzene rings is 1. The Balaban J connectivity index is 1.97. The summed E-state index contributed by atoms with van der Waals surface area (Å²) in [5.74, 6) is 0.838. The molecule has 26 heavy (non-hydrogen) atoms. The predicted molar refractivity (Wildman–Crippen MR) is 99.8 cm³/mol. The minimum Gasteiger partial charge on any atom is -0.423 e. The fraction of sp³-hybridized carbons (Fsp3) is 0.278. The van der Waals surface area contributed by atoms with Crippen LogP contribution in [0.5, 0.6) is 0 Å². The SMILES string of the molecule is CCCCn1c(=O)c2c(nc3oc(-c4ccc(Cl)cc4)cn32)n(C)c1=O. The molecule has 0 fully saturated rings. The largest absolute Gasteiger partial charge is 0.423 e. The Hall–Kier alpha value is -2.80. The van der Waals surface area contributed by atoms with Gasteiger partial charge in [-0.05, 0) is 30.7 Å². The van der Waals surface area contributed by atoms with E-state index >= 15 is 0 Å². The van der Waals surface area contributed by atoms with Crippen LogP contribution in [0, 0.1) is 0 Å². The van der Waals surface area contributed by atoms with Crippen molar-refractivity contribution >= 4 is 28.6 Å². The lowest BCUT2D eigenvalue weighted by Gasteiger charge is -2.06. The van der Waals surface area contributed by atoms with Crippen LogP contribution in [0.3, 0.4) is 0 Å². The fourth-order valence-electron chi connectivity index (χ4n) is 3.01. The van der Waals surface area contributed by atoms with Crippen molar-refractivity contribution in [2.24, 2.45) is 7.05 Å². The maximum Gasteiger partial charge on any atom is 0.332 e. The first-order valence-electron chi connectivity index (χ1n) is 8.38. The summed E-state index contributed by atoms with van der Waals surface area (Å²) in [6, 6.07) is 7.19. The Morgan fingerprint density at radius 3 is 2.62 bits per heavy atom. The van der Waals surface area contributed by atoms with Crippen molar-refractivity contribution in [2.45, 2.75) is 26.3 Å². The quantitative estimate of drug-likeness (QED) is 0.551. The van der Waals surface area contributed by atoms with Crippen LogP contribution in [0.15, 0.2) is 44.5 Å². The van der Waals surface area contributed by atoms with Crippen molar-refractivity contribution in [1.82, 2.24) is 18.5 Å². The topological polar surface area (TPSA) is 74.4 Å². The fourth-order valence-corrected chi connectivity index (χ4v) is 3.14. The van der Waals surface area contributed by atoms with Gasteiger partial charge >= 0.3 is 11.5 Å². The van der Waals surface area contributed by atoms with Gasteiger partial charge in [0.2, 0.25) is 0 Å². The zero-order chi connectivity index (χ0) is 18.4. The number of hydrogen-bond acceptors (Lipinski definition) is 4. The molecule has 4 rings (SSSR count). The van der Waals surface area contributed by atoms with Crippen molar-refractivity contribution < 1.29 is 4.42 Å². The van der Waals surface area contributed by atoms with Crippen LogP contribution in [0.4, 0.5) is 0 Å². The summed E-state index contributed by atoms with van der Waals surface area (Å²) >= 11 is 5.92. The second-order valence-corrected chi connectivity index (χ2v) is 6.63. The Morgan fingerprint density at radius 1 is 1.19 bits per heavy atom. The van der Waals surface area contributed by atoms with Gasteiger partial charge in [-0.15, -0.1) is 0 Å². The molecule has 0 radical (unpaired) electrons. The minimum atomic E-state index is -0.366. The van der Waals surface area contributed by atoms with Crippen LogP contribution in [0.1, 0.15) is 19.8 Å². The van der Waals surface area contributed by atoms with Gasteiger partial charge in [0, 0.05) is 24.2 Å². The number of unbranched alkanes of at least 4 members (excludes halogenated alkanes) is 1. The van der Waals surface area contributed by atoms with Crippen molar-refractivity contribution in [2.75, 3.05) is 0 Å². The molecule has 0 amide bonds. The zero-order valence-corrected chi connectivity index (χ0v) is 15.2. The predicted octanol–water partition coefficient (Wildman–Crippen LogP) is 3.06. The van der Waals surface area contributed by atoms with Gasteiger partial charge in [-0.1, -0.05) is 24.9 Å². The number of hydrogen-bond donors (Lipinski definition) is 0. The molecule has 0 N–H and O–H groups in total. The average molecular weight is 373 g/mol. The Kier molecular flexibility index (Phi) is 3.96. The molecular weight excluding hydrogens is 356 g/mol. The van der Waals surface area contributed by atoms with E-state index in [2.05, 4.69) is 4.98 Å². The Bertz CT molecular complexity index is 1230. The summed E-state index contributed by atoms with van der Waals surface area (Å²) in [4.78, 5) is 29.7. The molecule has 0 atom stereocenters. The first kappa shape index (κ1) is 16.7. The number of aryl methyl sites for hydroxylation is 1. The van der Waals surface area contributed by atoms with Gasteiger partial charge in [-0.25, -0.2) is 4.79 Å². The number of nitrogens with zero attached hydrogens (tertiary/aromatic N) is 4. The highest BCUT2D eigenvalue weighted by atomic mass is 35.5. The molecule has 7 nitrogen and oxygen atoms in total. The van der Waals surface area contributed by atoms with E-state index in [9.17, 15) is 9.59 Å². The summed E-state index contributed by atoms with van der Waals surface area (Å²) in [5, 5.41) is 0.629. The van der Waals surface area contributed by atoms with Crippen LogP contribution in [0.2, 0.25) is 5.02 Å². The molecular formula is C18H17ClN4O3. The van der Waals surface area contributed by atoms with Crippen molar-refractivity contribution in [3.05, 3.63) is 56.3 Å². The van der Waals surface area contributed by atoms with E-state index in [0.29, 0.717) is 28.5 Å². The van der Waals surface area contributed by atoms with Gasteiger partial charge in [0.05, 0.1) is 6.20 Å². The van der Waals surface area contributed by atoms with Crippen LogP contribution in [-0.4, -0.2) is 18.5 Å². The molecule has 0 bridgehead atoms. The minimum absolute atomic E-state index is 0.269. The van der Waals surface area contributed by atoms with Crippen LogP contribution < -0.4 is 11.2 Å². The van der Waals surface area contributed by atoms with Crippen LogP contribution in [-0.2, 0) is 13.6 Å². The van der Waals surface area contributed by atoms with Gasteiger partial charge in [0.1, 0.15) is 0 Å². The first-order valence-corrected chi connectivity index (χ1v) is 8.76. The zero-order valence-electron chi connectivity index (χ0n) is 14.4. The van der Waals surface area contributed by atoms with Gasteiger partial charge < -0.3 is 4.42 Å². The summed E-state index contributed by atoms with van der Waals surface area (Å²) in [7, 11) is 1.61. The van der Waals surface area contributed by atoms with Crippen molar-refractivity contribution in [3.8, 4) is 11.3 Å². The van der Waals surface area contributed by atoms with Crippen molar-refractivity contribution in [3.63, 3.8) is 0 Å². The molecule has 0 spiro atoms. The van der Waals surface area contributed by atoms with Crippen molar-refractivity contribution in [1.29, 1.82) is 0 Å². The second kappa shape index (κ2) is 6.17. The van der Waals surface area contributed by atoms with E-state index in [-0.39, 0.29) is 17.1 Å². The van der Waals surface area contributed by atoms with E-state index in [0.717, 1.165) is 18.4 Å². The van der Waals surface area contributed by atoms with Gasteiger partial charge in [0.25, 0.3) is 5.56 Å². The highest BCUT2D eigenvalue weighted by molar-refractivity contribution is 6.30. The molecule has 0 saturated carbocycles. The average Bonchev–Trinajstić information content (AvgIpc) is 3.18. The summed E-state index contributed by atoms with van der Waals surface area (Å²) in [5.41, 5.74) is 0.752. The van der Waals surface area contributed by atoms with E-state index < -0.39 is 0 Å². The monoisotopic (exact) mass is 372 g/mol. The second-order valence-electron chi connectivity index (χ2n) is 6.19. The highest BCUT2D eigenvalue weighted by Gasteiger charge is 2.19. The van der Waals surface area contributed by atoms with Crippen LogP contribution in [0.25, 0.3) is 28.3 Å². The summed E-state index contributed by atoms with van der Waals surface area (Å²) in [6.45, 7) is 2.40. The number of imidazole rings is 1. The molecule has 0 aliphatic rings. The lowest BCUT2D eigenvalue weighted by molar-refractivity contribution is 0.566. The molecule has 134 valence electrons. The Labute approximate surface area is 153 Å². The molecule has 0 aliphatic carbocycles. The summed E-state index contributed by atoms with van der Waals surface area (Å²) < 4.78 is 10.0. The van der Waals surface area contributed by atoms with E-state index in [1.54, 1.807) is 29.8 Å².